The highest BCUT2D eigenvalue weighted by atomic mass is 19.3. The highest BCUT2D eigenvalue weighted by Crippen LogP contribution is 2.24. The molecule has 0 aromatic carbocycles. The van der Waals surface area contributed by atoms with Gasteiger partial charge in [0, 0.05) is 11.6 Å². The van der Waals surface area contributed by atoms with Gasteiger partial charge in [0.05, 0.1) is 0 Å². The average molecular weight is 258 g/mol. The van der Waals surface area contributed by atoms with Crippen LogP contribution in [0.5, 0.6) is 5.75 Å². The van der Waals surface area contributed by atoms with Crippen LogP contribution in [-0.2, 0) is 4.79 Å². The minimum atomic E-state index is -2.57. The molecular weight excluding hydrogens is 242 g/mol. The van der Waals surface area contributed by atoms with Crippen molar-refractivity contribution in [1.82, 2.24) is 4.98 Å². The third-order valence-corrected chi connectivity index (χ3v) is 2.05. The number of amides is 1. The Balaban J connectivity index is 2.79. The van der Waals surface area contributed by atoms with Crippen molar-refractivity contribution in [3.63, 3.8) is 0 Å². The SMILES string of the molecule is CC(C)(C)C(=O)Nc1ncccc1OCC(F)F. The molecule has 0 aliphatic carbocycles. The number of carbonyl (C=O) groups is 1. The fourth-order valence-corrected chi connectivity index (χ4v) is 1.05. The van der Waals surface area contributed by atoms with E-state index in [1.807, 2.05) is 0 Å². The molecule has 0 spiro atoms. The van der Waals surface area contributed by atoms with Gasteiger partial charge in [0.15, 0.2) is 11.6 Å². The van der Waals surface area contributed by atoms with E-state index in [0.29, 0.717) is 0 Å². The van der Waals surface area contributed by atoms with E-state index in [1.165, 1.54) is 12.3 Å². The lowest BCUT2D eigenvalue weighted by Gasteiger charge is -2.18. The van der Waals surface area contributed by atoms with E-state index in [9.17, 15) is 13.6 Å². The molecule has 0 aliphatic rings. The first-order chi connectivity index (χ1) is 8.30. The van der Waals surface area contributed by atoms with Gasteiger partial charge >= 0.3 is 0 Å². The normalized spacial score (nSPS) is 11.4. The largest absolute Gasteiger partial charge is 0.484 e. The van der Waals surface area contributed by atoms with Gasteiger partial charge in [-0.1, -0.05) is 20.8 Å². The molecule has 100 valence electrons. The van der Waals surface area contributed by atoms with Crippen molar-refractivity contribution in [3.8, 4) is 5.75 Å². The predicted molar refractivity (Wildman–Crippen MR) is 63.8 cm³/mol. The predicted octanol–water partition coefficient (Wildman–Crippen LogP) is 2.71. The summed E-state index contributed by atoms with van der Waals surface area (Å²) in [6, 6.07) is 3.03. The van der Waals surface area contributed by atoms with Gasteiger partial charge in [0.25, 0.3) is 6.43 Å². The lowest BCUT2D eigenvalue weighted by atomic mass is 9.96. The minimum absolute atomic E-state index is 0.135. The van der Waals surface area contributed by atoms with Gasteiger partial charge in [-0.2, -0.15) is 0 Å². The van der Waals surface area contributed by atoms with E-state index < -0.39 is 18.4 Å². The van der Waals surface area contributed by atoms with Crippen molar-refractivity contribution in [1.29, 1.82) is 0 Å². The Morgan fingerprint density at radius 3 is 2.72 bits per heavy atom. The molecule has 1 aromatic heterocycles. The van der Waals surface area contributed by atoms with Gasteiger partial charge in [0.2, 0.25) is 5.91 Å². The van der Waals surface area contributed by atoms with E-state index >= 15 is 0 Å². The fraction of sp³-hybridized carbons (Fsp3) is 0.500. The van der Waals surface area contributed by atoms with Crippen molar-refractivity contribution < 1.29 is 18.3 Å². The molecular formula is C12H16F2N2O2. The zero-order chi connectivity index (χ0) is 13.8. The Kier molecular flexibility index (Phi) is 4.58. The quantitative estimate of drug-likeness (QED) is 0.903. The molecule has 0 fully saturated rings. The summed E-state index contributed by atoms with van der Waals surface area (Å²) in [6.45, 7) is 4.49. The molecule has 0 aliphatic heterocycles. The molecule has 4 nitrogen and oxygen atoms in total. The highest BCUT2D eigenvalue weighted by Gasteiger charge is 2.22. The third-order valence-electron chi connectivity index (χ3n) is 2.05. The number of nitrogens with zero attached hydrogens (tertiary/aromatic N) is 1. The molecule has 0 unspecified atom stereocenters. The van der Waals surface area contributed by atoms with Gasteiger partial charge in [-0.3, -0.25) is 4.79 Å². The lowest BCUT2D eigenvalue weighted by molar-refractivity contribution is -0.123. The number of alkyl halides is 2. The van der Waals surface area contributed by atoms with Crippen LogP contribution in [0.2, 0.25) is 0 Å². The number of carbonyl (C=O) groups excluding carboxylic acids is 1. The first kappa shape index (κ1) is 14.3. The van der Waals surface area contributed by atoms with Crippen LogP contribution in [-0.4, -0.2) is 23.9 Å². The lowest BCUT2D eigenvalue weighted by Crippen LogP contribution is -2.28. The van der Waals surface area contributed by atoms with E-state index in [0.717, 1.165) is 0 Å². The summed E-state index contributed by atoms with van der Waals surface area (Å²) >= 11 is 0. The smallest absolute Gasteiger partial charge is 0.272 e. The molecule has 0 saturated carbocycles. The molecule has 0 saturated heterocycles. The number of aromatic nitrogens is 1. The Morgan fingerprint density at radius 1 is 1.50 bits per heavy atom. The van der Waals surface area contributed by atoms with E-state index in [-0.39, 0.29) is 17.5 Å². The molecule has 0 bridgehead atoms. The second-order valence-electron chi connectivity index (χ2n) is 4.76. The zero-order valence-electron chi connectivity index (χ0n) is 10.5. The number of rotatable bonds is 4. The maximum absolute atomic E-state index is 12.1. The van der Waals surface area contributed by atoms with Crippen LogP contribution < -0.4 is 10.1 Å². The first-order valence-corrected chi connectivity index (χ1v) is 5.48. The van der Waals surface area contributed by atoms with Crippen molar-refractivity contribution in [3.05, 3.63) is 18.3 Å². The zero-order valence-corrected chi connectivity index (χ0v) is 10.5. The molecule has 18 heavy (non-hydrogen) atoms. The number of ether oxygens (including phenoxy) is 1. The second-order valence-corrected chi connectivity index (χ2v) is 4.76. The Hall–Kier alpha value is -1.72. The van der Waals surface area contributed by atoms with Crippen LogP contribution in [0.1, 0.15) is 20.8 Å². The third kappa shape index (κ3) is 4.27. The van der Waals surface area contributed by atoms with Crippen LogP contribution in [0, 0.1) is 5.41 Å². The van der Waals surface area contributed by atoms with Crippen LogP contribution in [0.3, 0.4) is 0 Å². The number of hydrogen-bond donors (Lipinski definition) is 1. The average Bonchev–Trinajstić information content (AvgIpc) is 2.26. The van der Waals surface area contributed by atoms with Crippen molar-refractivity contribution in [2.24, 2.45) is 5.41 Å². The number of hydrogen-bond acceptors (Lipinski definition) is 3. The molecule has 0 radical (unpaired) electrons. The van der Waals surface area contributed by atoms with Gasteiger partial charge in [-0.05, 0) is 12.1 Å². The molecule has 1 N–H and O–H groups in total. The molecule has 6 heteroatoms. The monoisotopic (exact) mass is 258 g/mol. The van der Waals surface area contributed by atoms with Gasteiger partial charge in [-0.25, -0.2) is 13.8 Å². The molecule has 1 heterocycles. The van der Waals surface area contributed by atoms with Crippen molar-refractivity contribution >= 4 is 11.7 Å². The molecule has 1 rings (SSSR count). The minimum Gasteiger partial charge on any atom is -0.484 e. The summed E-state index contributed by atoms with van der Waals surface area (Å²) in [5.74, 6) is 0.0246. The van der Waals surface area contributed by atoms with Gasteiger partial charge < -0.3 is 10.1 Å². The maximum Gasteiger partial charge on any atom is 0.272 e. The number of nitrogens with one attached hydrogen (secondary N) is 1. The Bertz CT molecular complexity index is 417. The topological polar surface area (TPSA) is 51.2 Å². The summed E-state index contributed by atoms with van der Waals surface area (Å²) in [5.41, 5.74) is -0.600. The Labute approximate surface area is 104 Å². The van der Waals surface area contributed by atoms with E-state index in [4.69, 9.17) is 4.74 Å². The van der Waals surface area contributed by atoms with Gasteiger partial charge in [0.1, 0.15) is 6.61 Å². The van der Waals surface area contributed by atoms with Crippen molar-refractivity contribution in [2.45, 2.75) is 27.2 Å². The van der Waals surface area contributed by atoms with Gasteiger partial charge in [-0.15, -0.1) is 0 Å². The van der Waals surface area contributed by atoms with Crippen LogP contribution in [0.25, 0.3) is 0 Å². The number of anilines is 1. The number of pyridine rings is 1. The molecule has 1 aromatic rings. The van der Waals surface area contributed by atoms with Crippen LogP contribution in [0.4, 0.5) is 14.6 Å². The van der Waals surface area contributed by atoms with Crippen LogP contribution in [0.15, 0.2) is 18.3 Å². The molecule has 1 amide bonds. The Morgan fingerprint density at radius 2 is 2.17 bits per heavy atom. The second kappa shape index (κ2) is 5.75. The summed E-state index contributed by atoms with van der Waals surface area (Å²) in [5, 5.41) is 2.55. The summed E-state index contributed by atoms with van der Waals surface area (Å²) in [4.78, 5) is 15.7. The summed E-state index contributed by atoms with van der Waals surface area (Å²) in [7, 11) is 0. The van der Waals surface area contributed by atoms with Crippen LogP contribution >= 0.6 is 0 Å². The summed E-state index contributed by atoms with van der Waals surface area (Å²) < 4.78 is 29.0. The molecule has 0 atom stereocenters. The van der Waals surface area contributed by atoms with E-state index in [2.05, 4.69) is 10.3 Å². The highest BCUT2D eigenvalue weighted by molar-refractivity contribution is 5.94. The van der Waals surface area contributed by atoms with E-state index in [1.54, 1.807) is 26.8 Å². The maximum atomic E-state index is 12.1. The fourth-order valence-electron chi connectivity index (χ4n) is 1.05. The van der Waals surface area contributed by atoms with Crippen molar-refractivity contribution in [2.75, 3.05) is 11.9 Å². The standard InChI is InChI=1S/C12H16F2N2O2/c1-12(2,3)11(17)16-10-8(5-4-6-15-10)18-7-9(13)14/h4-6,9H,7H2,1-3H3,(H,15,16,17). The summed E-state index contributed by atoms with van der Waals surface area (Å²) in [6.07, 6.45) is -1.12. The first-order valence-electron chi connectivity index (χ1n) is 5.48. The number of halogens is 2.